The highest BCUT2D eigenvalue weighted by atomic mass is 32.1. The molecule has 0 bridgehead atoms. The highest BCUT2D eigenvalue weighted by molar-refractivity contribution is 7.80. The van der Waals surface area contributed by atoms with Crippen LogP contribution in [0.15, 0.2) is 18.2 Å². The average Bonchev–Trinajstić information content (AvgIpc) is 2.29. The lowest BCUT2D eigenvalue weighted by atomic mass is 10.1. The van der Waals surface area contributed by atoms with Gasteiger partial charge < -0.3 is 21.5 Å². The second-order valence-electron chi connectivity index (χ2n) is 3.81. The monoisotopic (exact) mass is 267 g/mol. The molecule has 0 heterocycles. The fraction of sp³-hybridized carbons (Fsp3) is 0.333. The van der Waals surface area contributed by atoms with E-state index in [4.69, 9.17) is 28.4 Å². The molecule has 0 aliphatic rings. The Hall–Kier alpha value is -1.66. The van der Waals surface area contributed by atoms with Crippen molar-refractivity contribution in [2.75, 3.05) is 25.1 Å². The van der Waals surface area contributed by atoms with Gasteiger partial charge in [-0.15, -0.1) is 0 Å². The Kier molecular flexibility index (Phi) is 5.54. The maximum Gasteiger partial charge on any atom is 0.243 e. The van der Waals surface area contributed by atoms with E-state index in [9.17, 15) is 4.79 Å². The maximum absolute atomic E-state index is 10.5. The second kappa shape index (κ2) is 6.93. The molecule has 98 valence electrons. The van der Waals surface area contributed by atoms with Crippen LogP contribution in [0.5, 0.6) is 0 Å². The zero-order chi connectivity index (χ0) is 13.5. The van der Waals surface area contributed by atoms with Gasteiger partial charge in [0.2, 0.25) is 5.91 Å². The summed E-state index contributed by atoms with van der Waals surface area (Å²) < 4.78 is 5.06. The first-order valence-corrected chi connectivity index (χ1v) is 5.92. The number of anilines is 1. The minimum Gasteiger partial charge on any atom is -0.389 e. The van der Waals surface area contributed by atoms with Gasteiger partial charge in [0.25, 0.3) is 0 Å². The number of amides is 1. The summed E-state index contributed by atoms with van der Waals surface area (Å²) in [6.45, 7) is 2.83. The molecule has 1 rings (SSSR count). The zero-order valence-corrected chi connectivity index (χ0v) is 11.0. The predicted octanol–water partition coefficient (Wildman–Crippen LogP) is 0.543. The minimum atomic E-state index is -0.477. The summed E-state index contributed by atoms with van der Waals surface area (Å²) >= 11 is 4.99. The van der Waals surface area contributed by atoms with Crippen molar-refractivity contribution < 1.29 is 9.53 Å². The third-order valence-corrected chi connectivity index (χ3v) is 2.55. The normalized spacial score (nSPS) is 10.1. The van der Waals surface area contributed by atoms with Gasteiger partial charge in [0.15, 0.2) is 0 Å². The Balaban J connectivity index is 2.56. The van der Waals surface area contributed by atoms with E-state index in [0.29, 0.717) is 18.1 Å². The van der Waals surface area contributed by atoms with Crippen LogP contribution in [0.4, 0.5) is 5.69 Å². The van der Waals surface area contributed by atoms with Gasteiger partial charge in [-0.05, 0) is 18.6 Å². The Morgan fingerprint density at radius 1 is 1.44 bits per heavy atom. The smallest absolute Gasteiger partial charge is 0.243 e. The molecule has 1 amide bonds. The summed E-state index contributed by atoms with van der Waals surface area (Å²) in [6, 6.07) is 5.73. The largest absolute Gasteiger partial charge is 0.389 e. The van der Waals surface area contributed by atoms with Crippen LogP contribution in [-0.4, -0.2) is 30.7 Å². The molecule has 0 saturated heterocycles. The fourth-order valence-corrected chi connectivity index (χ4v) is 1.70. The van der Waals surface area contributed by atoms with Crippen molar-refractivity contribution in [1.29, 1.82) is 0 Å². The molecular weight excluding hydrogens is 250 g/mol. The number of nitrogens with one attached hydrogen (secondary N) is 1. The van der Waals surface area contributed by atoms with E-state index in [1.54, 1.807) is 0 Å². The molecule has 5 N–H and O–H groups in total. The molecule has 0 unspecified atom stereocenters. The van der Waals surface area contributed by atoms with Crippen LogP contribution in [-0.2, 0) is 9.53 Å². The highest BCUT2D eigenvalue weighted by Gasteiger charge is 2.07. The Labute approximate surface area is 111 Å². The van der Waals surface area contributed by atoms with Gasteiger partial charge in [0.05, 0.1) is 6.61 Å². The number of primary amides is 1. The number of benzene rings is 1. The molecule has 0 aliphatic heterocycles. The fourth-order valence-electron chi connectivity index (χ4n) is 1.53. The lowest BCUT2D eigenvalue weighted by molar-refractivity contribution is -0.122. The lowest BCUT2D eigenvalue weighted by Gasteiger charge is -2.13. The van der Waals surface area contributed by atoms with Gasteiger partial charge in [-0.1, -0.05) is 24.4 Å². The van der Waals surface area contributed by atoms with Crippen molar-refractivity contribution in [1.82, 2.24) is 0 Å². The van der Waals surface area contributed by atoms with Crippen LogP contribution in [0.1, 0.15) is 11.1 Å². The van der Waals surface area contributed by atoms with E-state index < -0.39 is 5.91 Å². The maximum atomic E-state index is 10.5. The SMILES string of the molecule is Cc1cccc(C(N)=S)c1NCCOCC(N)=O. The average molecular weight is 267 g/mol. The number of carbonyl (C=O) groups excluding carboxylic acids is 1. The van der Waals surface area contributed by atoms with E-state index in [1.807, 2.05) is 25.1 Å². The third kappa shape index (κ3) is 4.31. The molecule has 0 spiro atoms. The number of hydrogen-bond acceptors (Lipinski definition) is 4. The number of para-hydroxylation sites is 1. The summed E-state index contributed by atoms with van der Waals surface area (Å²) in [7, 11) is 0. The van der Waals surface area contributed by atoms with Crippen LogP contribution in [0.2, 0.25) is 0 Å². The van der Waals surface area contributed by atoms with E-state index in [0.717, 1.165) is 16.8 Å². The first-order valence-electron chi connectivity index (χ1n) is 5.51. The van der Waals surface area contributed by atoms with Crippen molar-refractivity contribution >= 4 is 28.8 Å². The first kappa shape index (κ1) is 14.4. The number of hydrogen-bond donors (Lipinski definition) is 3. The standard InChI is InChI=1S/C12H17N3O2S/c1-8-3-2-4-9(12(14)18)11(8)15-5-6-17-7-10(13)16/h2-4,15H,5-7H2,1H3,(H2,13,16)(H2,14,18). The van der Waals surface area contributed by atoms with Crippen LogP contribution in [0, 0.1) is 6.92 Å². The van der Waals surface area contributed by atoms with Gasteiger partial charge >= 0.3 is 0 Å². The zero-order valence-electron chi connectivity index (χ0n) is 10.2. The number of nitrogens with two attached hydrogens (primary N) is 2. The van der Waals surface area contributed by atoms with Gasteiger partial charge in [0.1, 0.15) is 11.6 Å². The minimum absolute atomic E-state index is 0.0718. The van der Waals surface area contributed by atoms with Gasteiger partial charge in [-0.3, -0.25) is 4.79 Å². The second-order valence-corrected chi connectivity index (χ2v) is 4.25. The van der Waals surface area contributed by atoms with Crippen molar-refractivity contribution in [2.45, 2.75) is 6.92 Å². The summed E-state index contributed by atoms with van der Waals surface area (Å²) in [5, 5.41) is 3.19. The first-order chi connectivity index (χ1) is 8.52. The molecule has 0 atom stereocenters. The predicted molar refractivity (Wildman–Crippen MR) is 75.6 cm³/mol. The topological polar surface area (TPSA) is 90.4 Å². The molecular formula is C12H17N3O2S. The molecule has 6 heteroatoms. The summed E-state index contributed by atoms with van der Waals surface area (Å²) in [5.41, 5.74) is 13.4. The Morgan fingerprint density at radius 2 is 2.17 bits per heavy atom. The van der Waals surface area contributed by atoms with E-state index >= 15 is 0 Å². The summed E-state index contributed by atoms with van der Waals surface area (Å²) in [6.07, 6.45) is 0. The number of carbonyl (C=O) groups is 1. The molecule has 0 aromatic heterocycles. The highest BCUT2D eigenvalue weighted by Crippen LogP contribution is 2.20. The number of aryl methyl sites for hydroxylation is 1. The van der Waals surface area contributed by atoms with Gasteiger partial charge in [0, 0.05) is 17.8 Å². The molecule has 18 heavy (non-hydrogen) atoms. The van der Waals surface area contributed by atoms with Gasteiger partial charge in [-0.2, -0.15) is 0 Å². The summed E-state index contributed by atoms with van der Waals surface area (Å²) in [5.74, 6) is -0.477. The molecule has 5 nitrogen and oxygen atoms in total. The van der Waals surface area contributed by atoms with E-state index in [2.05, 4.69) is 5.32 Å². The van der Waals surface area contributed by atoms with Crippen molar-refractivity contribution in [3.8, 4) is 0 Å². The van der Waals surface area contributed by atoms with Crippen molar-refractivity contribution in [2.24, 2.45) is 11.5 Å². The Bertz CT molecular complexity index is 449. The van der Waals surface area contributed by atoms with Crippen LogP contribution in [0.3, 0.4) is 0 Å². The summed E-state index contributed by atoms with van der Waals surface area (Å²) in [4.78, 5) is 10.8. The Morgan fingerprint density at radius 3 is 2.78 bits per heavy atom. The molecule has 1 aromatic carbocycles. The van der Waals surface area contributed by atoms with Crippen LogP contribution < -0.4 is 16.8 Å². The van der Waals surface area contributed by atoms with Crippen molar-refractivity contribution in [3.05, 3.63) is 29.3 Å². The number of thiocarbonyl (C=S) groups is 1. The molecule has 0 fully saturated rings. The van der Waals surface area contributed by atoms with Crippen LogP contribution in [0.25, 0.3) is 0 Å². The number of ether oxygens (including phenoxy) is 1. The van der Waals surface area contributed by atoms with Gasteiger partial charge in [-0.25, -0.2) is 0 Å². The lowest BCUT2D eigenvalue weighted by Crippen LogP contribution is -2.21. The molecule has 0 radical (unpaired) electrons. The number of rotatable bonds is 7. The molecule has 0 saturated carbocycles. The van der Waals surface area contributed by atoms with Crippen molar-refractivity contribution in [3.63, 3.8) is 0 Å². The molecule has 1 aromatic rings. The third-order valence-electron chi connectivity index (χ3n) is 2.33. The molecule has 0 aliphatic carbocycles. The quantitative estimate of drug-likeness (QED) is 0.495. The van der Waals surface area contributed by atoms with Crippen LogP contribution >= 0.6 is 12.2 Å². The van der Waals surface area contributed by atoms with E-state index in [-0.39, 0.29) is 6.61 Å². The van der Waals surface area contributed by atoms with E-state index in [1.165, 1.54) is 0 Å².